The molecule has 1 amide bonds. The molecule has 2 aliphatic rings. The lowest BCUT2D eigenvalue weighted by Crippen LogP contribution is -2.43. The van der Waals surface area contributed by atoms with Crippen molar-refractivity contribution in [3.8, 4) is 0 Å². The highest BCUT2D eigenvalue weighted by molar-refractivity contribution is 5.76. The summed E-state index contributed by atoms with van der Waals surface area (Å²) in [6.07, 6.45) is 9.32. The van der Waals surface area contributed by atoms with Crippen molar-refractivity contribution in [2.45, 2.75) is 65.2 Å². The fraction of sp³-hybridized carbons (Fsp3) is 0.941. The highest BCUT2D eigenvalue weighted by Gasteiger charge is 2.32. The molecule has 0 aromatic carbocycles. The predicted octanol–water partition coefficient (Wildman–Crippen LogP) is 3.20. The van der Waals surface area contributed by atoms with Crippen LogP contribution in [0.1, 0.15) is 65.2 Å². The van der Waals surface area contributed by atoms with Crippen LogP contribution < -0.4 is 5.32 Å². The molecular weight excluding hydrogens is 248 g/mol. The molecule has 0 radical (unpaired) electrons. The third-order valence-electron chi connectivity index (χ3n) is 5.90. The quantitative estimate of drug-likeness (QED) is 0.839. The smallest absolute Gasteiger partial charge is 0.222 e. The van der Waals surface area contributed by atoms with Crippen LogP contribution in [0, 0.1) is 11.3 Å². The summed E-state index contributed by atoms with van der Waals surface area (Å²) < 4.78 is 0. The van der Waals surface area contributed by atoms with Crippen LogP contribution in [-0.2, 0) is 4.79 Å². The first-order valence-electron chi connectivity index (χ1n) is 8.67. The number of rotatable bonds is 5. The number of nitrogens with zero attached hydrogens (tertiary/aromatic N) is 1. The van der Waals surface area contributed by atoms with Gasteiger partial charge >= 0.3 is 0 Å². The highest BCUT2D eigenvalue weighted by atomic mass is 16.2. The van der Waals surface area contributed by atoms with Gasteiger partial charge < -0.3 is 10.2 Å². The van der Waals surface area contributed by atoms with Crippen LogP contribution in [0.2, 0.25) is 0 Å². The van der Waals surface area contributed by atoms with Gasteiger partial charge in [-0.1, -0.05) is 26.7 Å². The van der Waals surface area contributed by atoms with Gasteiger partial charge in [-0.2, -0.15) is 0 Å². The van der Waals surface area contributed by atoms with Gasteiger partial charge in [-0.25, -0.2) is 0 Å². The van der Waals surface area contributed by atoms with Crippen molar-refractivity contribution in [1.82, 2.24) is 10.2 Å². The lowest BCUT2D eigenvalue weighted by atomic mass is 9.74. The van der Waals surface area contributed by atoms with Crippen LogP contribution in [0.3, 0.4) is 0 Å². The molecule has 2 aliphatic heterocycles. The van der Waals surface area contributed by atoms with Crippen LogP contribution >= 0.6 is 0 Å². The molecule has 2 fully saturated rings. The van der Waals surface area contributed by atoms with Gasteiger partial charge in [0.1, 0.15) is 0 Å². The van der Waals surface area contributed by atoms with Crippen molar-refractivity contribution in [2.75, 3.05) is 26.2 Å². The standard InChI is InChI=1S/C17H32N2O/c1-3-17(4-2)9-13-19(14-10-17)16(20)6-5-15-7-11-18-12-8-15/h15,18H,3-14H2,1-2H3. The second kappa shape index (κ2) is 7.44. The first kappa shape index (κ1) is 15.8. The van der Waals surface area contributed by atoms with Crippen LogP contribution in [-0.4, -0.2) is 37.0 Å². The lowest BCUT2D eigenvalue weighted by Gasteiger charge is -2.41. The Hall–Kier alpha value is -0.570. The van der Waals surface area contributed by atoms with Crippen molar-refractivity contribution in [2.24, 2.45) is 11.3 Å². The zero-order valence-electron chi connectivity index (χ0n) is 13.4. The molecule has 2 saturated heterocycles. The fourth-order valence-corrected chi connectivity index (χ4v) is 3.84. The van der Waals surface area contributed by atoms with Crippen molar-refractivity contribution < 1.29 is 4.79 Å². The number of amides is 1. The third-order valence-corrected chi connectivity index (χ3v) is 5.90. The zero-order valence-corrected chi connectivity index (χ0v) is 13.4. The minimum Gasteiger partial charge on any atom is -0.343 e. The Labute approximate surface area is 124 Å². The van der Waals surface area contributed by atoms with E-state index in [1.165, 1.54) is 38.5 Å². The first-order chi connectivity index (χ1) is 9.69. The van der Waals surface area contributed by atoms with Gasteiger partial charge in [0.2, 0.25) is 5.91 Å². The molecule has 0 aromatic rings. The monoisotopic (exact) mass is 280 g/mol. The van der Waals surface area contributed by atoms with Gasteiger partial charge in [0.05, 0.1) is 0 Å². The van der Waals surface area contributed by atoms with Crippen molar-refractivity contribution in [1.29, 1.82) is 0 Å². The summed E-state index contributed by atoms with van der Waals surface area (Å²) in [6, 6.07) is 0. The Bertz CT molecular complexity index is 296. The van der Waals surface area contributed by atoms with Gasteiger partial charge in [-0.15, -0.1) is 0 Å². The number of carbonyl (C=O) groups excluding carboxylic acids is 1. The molecule has 1 N–H and O–H groups in total. The van der Waals surface area contributed by atoms with E-state index in [4.69, 9.17) is 0 Å². The minimum atomic E-state index is 0.407. The molecule has 2 heterocycles. The second-order valence-electron chi connectivity index (χ2n) is 6.82. The Balaban J connectivity index is 1.71. The summed E-state index contributed by atoms with van der Waals surface area (Å²) >= 11 is 0. The average Bonchev–Trinajstić information content (AvgIpc) is 2.53. The molecule has 0 spiro atoms. The van der Waals surface area contributed by atoms with Crippen LogP contribution in [0.5, 0.6) is 0 Å². The summed E-state index contributed by atoms with van der Waals surface area (Å²) in [5, 5.41) is 3.39. The van der Waals surface area contributed by atoms with Crippen LogP contribution in [0.4, 0.5) is 0 Å². The number of carbonyl (C=O) groups is 1. The number of hydrogen-bond acceptors (Lipinski definition) is 2. The van der Waals surface area contributed by atoms with E-state index in [1.54, 1.807) is 0 Å². The summed E-state index contributed by atoms with van der Waals surface area (Å²) in [5.41, 5.74) is 0.520. The summed E-state index contributed by atoms with van der Waals surface area (Å²) in [7, 11) is 0. The number of nitrogens with one attached hydrogen (secondary N) is 1. The molecule has 3 heteroatoms. The molecule has 116 valence electrons. The first-order valence-corrected chi connectivity index (χ1v) is 8.67. The van der Waals surface area contributed by atoms with Crippen molar-refractivity contribution >= 4 is 5.91 Å². The van der Waals surface area contributed by atoms with Crippen molar-refractivity contribution in [3.05, 3.63) is 0 Å². The maximum Gasteiger partial charge on any atom is 0.222 e. The van der Waals surface area contributed by atoms with Crippen LogP contribution in [0.15, 0.2) is 0 Å². The summed E-state index contributed by atoms with van der Waals surface area (Å²) in [5.74, 6) is 1.18. The molecule has 0 atom stereocenters. The van der Waals surface area contributed by atoms with E-state index in [1.807, 2.05) is 0 Å². The van der Waals surface area contributed by atoms with E-state index in [9.17, 15) is 4.79 Å². The fourth-order valence-electron chi connectivity index (χ4n) is 3.84. The molecular formula is C17H32N2O. The minimum absolute atomic E-state index is 0.407. The van der Waals surface area contributed by atoms with E-state index in [2.05, 4.69) is 24.1 Å². The van der Waals surface area contributed by atoms with Gasteiger partial charge in [0.15, 0.2) is 0 Å². The van der Waals surface area contributed by atoms with E-state index in [0.717, 1.165) is 44.9 Å². The Morgan fingerprint density at radius 2 is 1.75 bits per heavy atom. The van der Waals surface area contributed by atoms with Gasteiger partial charge in [0, 0.05) is 19.5 Å². The maximum absolute atomic E-state index is 12.3. The van der Waals surface area contributed by atoms with Gasteiger partial charge in [-0.05, 0) is 56.5 Å². The number of hydrogen-bond donors (Lipinski definition) is 1. The largest absolute Gasteiger partial charge is 0.343 e. The molecule has 2 rings (SSSR count). The molecule has 3 nitrogen and oxygen atoms in total. The van der Waals surface area contributed by atoms with Crippen molar-refractivity contribution in [3.63, 3.8) is 0 Å². The third kappa shape index (κ3) is 3.97. The summed E-state index contributed by atoms with van der Waals surface area (Å²) in [4.78, 5) is 14.5. The van der Waals surface area contributed by atoms with Crippen LogP contribution in [0.25, 0.3) is 0 Å². The SMILES string of the molecule is CCC1(CC)CCN(C(=O)CCC2CCNCC2)CC1. The molecule has 0 aliphatic carbocycles. The van der Waals surface area contributed by atoms with E-state index in [-0.39, 0.29) is 0 Å². The average molecular weight is 280 g/mol. The Kier molecular flexibility index (Phi) is 5.88. The van der Waals surface area contributed by atoms with E-state index < -0.39 is 0 Å². The van der Waals surface area contributed by atoms with E-state index >= 15 is 0 Å². The second-order valence-corrected chi connectivity index (χ2v) is 6.82. The predicted molar refractivity (Wildman–Crippen MR) is 83.7 cm³/mol. The van der Waals surface area contributed by atoms with Gasteiger partial charge in [0.25, 0.3) is 0 Å². The lowest BCUT2D eigenvalue weighted by molar-refractivity contribution is -0.134. The summed E-state index contributed by atoms with van der Waals surface area (Å²) in [6.45, 7) is 8.87. The number of likely N-dealkylation sites (tertiary alicyclic amines) is 1. The normalized spacial score (nSPS) is 23.8. The molecule has 0 bridgehead atoms. The maximum atomic E-state index is 12.3. The molecule has 0 saturated carbocycles. The molecule has 20 heavy (non-hydrogen) atoms. The topological polar surface area (TPSA) is 32.3 Å². The number of piperidine rings is 2. The Morgan fingerprint density at radius 3 is 2.30 bits per heavy atom. The zero-order chi connectivity index (χ0) is 14.4. The van der Waals surface area contributed by atoms with E-state index in [0.29, 0.717) is 11.3 Å². The molecule has 0 aromatic heterocycles. The van der Waals surface area contributed by atoms with Gasteiger partial charge in [-0.3, -0.25) is 4.79 Å². The molecule has 0 unspecified atom stereocenters. The highest BCUT2D eigenvalue weighted by Crippen LogP contribution is 2.38. The Morgan fingerprint density at radius 1 is 1.15 bits per heavy atom.